The van der Waals surface area contributed by atoms with Crippen molar-refractivity contribution in [3.8, 4) is 0 Å². The van der Waals surface area contributed by atoms with Gasteiger partial charge in [0.2, 0.25) is 0 Å². The van der Waals surface area contributed by atoms with Crippen molar-refractivity contribution < 1.29 is 4.74 Å². The highest BCUT2D eigenvalue weighted by Gasteiger charge is 2.11. The number of rotatable bonds is 5. The van der Waals surface area contributed by atoms with E-state index in [1.807, 2.05) is 36.9 Å². The monoisotopic (exact) mass is 294 g/mol. The molecule has 2 aromatic rings. The number of hydrogen-bond acceptors (Lipinski definition) is 3. The van der Waals surface area contributed by atoms with Crippen molar-refractivity contribution in [2.45, 2.75) is 46.3 Å². The zero-order valence-corrected chi connectivity index (χ0v) is 14.2. The van der Waals surface area contributed by atoms with Gasteiger partial charge in [-0.3, -0.25) is 5.10 Å². The number of aromatic nitrogens is 4. The molecular weight excluding hydrogens is 268 g/mol. The Labute approximate surface area is 122 Å². The summed E-state index contributed by atoms with van der Waals surface area (Å²) in [7, 11) is -0.945. The SMILES string of the molecule is Cc1ccn(COCC[Si](C)(C)C)n1.Cc1ccn[nH]1. The van der Waals surface area contributed by atoms with Gasteiger partial charge in [-0.05, 0) is 32.0 Å². The van der Waals surface area contributed by atoms with Crippen LogP contribution in [0.3, 0.4) is 0 Å². The Balaban J connectivity index is 0.000000276. The molecule has 2 heterocycles. The van der Waals surface area contributed by atoms with Crippen LogP contribution in [-0.2, 0) is 11.5 Å². The zero-order valence-electron chi connectivity index (χ0n) is 13.2. The van der Waals surface area contributed by atoms with Gasteiger partial charge < -0.3 is 4.74 Å². The van der Waals surface area contributed by atoms with Gasteiger partial charge in [0.25, 0.3) is 0 Å². The number of H-pyrrole nitrogens is 1. The molecule has 0 atom stereocenters. The van der Waals surface area contributed by atoms with Gasteiger partial charge in [-0.2, -0.15) is 10.2 Å². The van der Waals surface area contributed by atoms with E-state index in [1.54, 1.807) is 6.20 Å². The molecule has 0 saturated heterocycles. The van der Waals surface area contributed by atoms with Crippen LogP contribution in [0.4, 0.5) is 0 Å². The van der Waals surface area contributed by atoms with E-state index in [-0.39, 0.29) is 0 Å². The summed E-state index contributed by atoms with van der Waals surface area (Å²) in [6.45, 7) is 12.5. The smallest absolute Gasteiger partial charge is 0.139 e. The van der Waals surface area contributed by atoms with Crippen LogP contribution in [0.15, 0.2) is 24.5 Å². The first-order valence-corrected chi connectivity index (χ1v) is 10.6. The second kappa shape index (κ2) is 8.01. The van der Waals surface area contributed by atoms with Gasteiger partial charge in [0.05, 0.1) is 5.69 Å². The first-order chi connectivity index (χ1) is 9.37. The second-order valence-corrected chi connectivity index (χ2v) is 11.7. The third-order valence-corrected chi connectivity index (χ3v) is 4.34. The first kappa shape index (κ1) is 16.7. The normalized spacial score (nSPS) is 11.1. The number of ether oxygens (including phenoxy) is 1. The van der Waals surface area contributed by atoms with E-state index >= 15 is 0 Å². The number of nitrogens with zero attached hydrogens (tertiary/aromatic N) is 3. The van der Waals surface area contributed by atoms with Crippen molar-refractivity contribution in [2.75, 3.05) is 6.61 Å². The highest BCUT2D eigenvalue weighted by molar-refractivity contribution is 6.76. The fourth-order valence-corrected chi connectivity index (χ4v) is 2.15. The van der Waals surface area contributed by atoms with Gasteiger partial charge in [-0.1, -0.05) is 19.6 Å². The third kappa shape index (κ3) is 7.91. The maximum absolute atomic E-state index is 5.54. The van der Waals surface area contributed by atoms with Crippen molar-refractivity contribution in [1.82, 2.24) is 20.0 Å². The number of aromatic amines is 1. The Kier molecular flexibility index (Phi) is 6.67. The predicted molar refractivity (Wildman–Crippen MR) is 84.4 cm³/mol. The van der Waals surface area contributed by atoms with Crippen LogP contribution in [0.1, 0.15) is 11.4 Å². The van der Waals surface area contributed by atoms with Gasteiger partial charge in [-0.25, -0.2) is 4.68 Å². The average molecular weight is 294 g/mol. The van der Waals surface area contributed by atoms with Crippen molar-refractivity contribution in [1.29, 1.82) is 0 Å². The van der Waals surface area contributed by atoms with Crippen LogP contribution in [0.5, 0.6) is 0 Å². The summed E-state index contributed by atoms with van der Waals surface area (Å²) in [4.78, 5) is 0. The summed E-state index contributed by atoms with van der Waals surface area (Å²) in [6.07, 6.45) is 3.68. The molecule has 0 fully saturated rings. The summed E-state index contributed by atoms with van der Waals surface area (Å²) in [5.74, 6) is 0. The molecule has 0 aliphatic rings. The summed E-state index contributed by atoms with van der Waals surface area (Å²) >= 11 is 0. The van der Waals surface area contributed by atoms with E-state index in [0.717, 1.165) is 18.0 Å². The second-order valence-electron chi connectivity index (χ2n) is 6.08. The van der Waals surface area contributed by atoms with Crippen LogP contribution < -0.4 is 0 Å². The first-order valence-electron chi connectivity index (χ1n) is 6.90. The Morgan fingerprint density at radius 3 is 2.40 bits per heavy atom. The van der Waals surface area contributed by atoms with Crippen molar-refractivity contribution in [3.63, 3.8) is 0 Å². The minimum atomic E-state index is -0.945. The van der Waals surface area contributed by atoms with Crippen molar-refractivity contribution in [3.05, 3.63) is 35.9 Å². The highest BCUT2D eigenvalue weighted by atomic mass is 28.3. The lowest BCUT2D eigenvalue weighted by atomic mass is 10.5. The fourth-order valence-electron chi connectivity index (χ4n) is 1.40. The zero-order chi connectivity index (χ0) is 15.0. The molecule has 6 heteroatoms. The Morgan fingerprint density at radius 2 is 2.00 bits per heavy atom. The Hall–Kier alpha value is -1.40. The summed E-state index contributed by atoms with van der Waals surface area (Å²) in [6, 6.07) is 5.12. The highest BCUT2D eigenvalue weighted by Crippen LogP contribution is 2.07. The maximum Gasteiger partial charge on any atom is 0.139 e. The summed E-state index contributed by atoms with van der Waals surface area (Å²) < 4.78 is 7.38. The average Bonchev–Trinajstić information content (AvgIpc) is 2.96. The van der Waals surface area contributed by atoms with E-state index in [9.17, 15) is 0 Å². The van der Waals surface area contributed by atoms with E-state index in [2.05, 4.69) is 34.9 Å². The molecule has 0 bridgehead atoms. The lowest BCUT2D eigenvalue weighted by molar-refractivity contribution is 0.0784. The molecule has 0 aliphatic heterocycles. The molecule has 2 aromatic heterocycles. The maximum atomic E-state index is 5.54. The Morgan fingerprint density at radius 1 is 1.25 bits per heavy atom. The quantitative estimate of drug-likeness (QED) is 0.680. The molecule has 0 saturated carbocycles. The lowest BCUT2D eigenvalue weighted by Crippen LogP contribution is -2.22. The molecule has 2 rings (SSSR count). The van der Waals surface area contributed by atoms with Crippen molar-refractivity contribution >= 4 is 8.07 Å². The predicted octanol–water partition coefficient (Wildman–Crippen LogP) is 3.22. The molecule has 5 nitrogen and oxygen atoms in total. The molecule has 0 amide bonds. The number of hydrogen-bond donors (Lipinski definition) is 1. The van der Waals surface area contributed by atoms with Gasteiger partial charge in [0.15, 0.2) is 0 Å². The molecule has 112 valence electrons. The number of aryl methyl sites for hydroxylation is 2. The van der Waals surface area contributed by atoms with Crippen LogP contribution in [-0.4, -0.2) is 34.7 Å². The molecular formula is C14H26N4OSi. The Bertz CT molecular complexity index is 474. The van der Waals surface area contributed by atoms with E-state index in [0.29, 0.717) is 6.73 Å². The van der Waals surface area contributed by atoms with Crippen LogP contribution in [0.2, 0.25) is 25.7 Å². The lowest BCUT2D eigenvalue weighted by Gasteiger charge is -2.15. The van der Waals surface area contributed by atoms with E-state index in [1.165, 1.54) is 6.04 Å². The molecule has 0 aromatic carbocycles. The van der Waals surface area contributed by atoms with E-state index < -0.39 is 8.07 Å². The molecule has 0 unspecified atom stereocenters. The molecule has 0 aliphatic carbocycles. The van der Waals surface area contributed by atoms with Crippen LogP contribution in [0, 0.1) is 13.8 Å². The van der Waals surface area contributed by atoms with Crippen molar-refractivity contribution in [2.24, 2.45) is 0 Å². The van der Waals surface area contributed by atoms with Gasteiger partial charge >= 0.3 is 0 Å². The summed E-state index contributed by atoms with van der Waals surface area (Å²) in [5, 5.41) is 10.7. The molecule has 0 spiro atoms. The largest absolute Gasteiger partial charge is 0.360 e. The minimum Gasteiger partial charge on any atom is -0.360 e. The molecule has 0 radical (unpaired) electrons. The van der Waals surface area contributed by atoms with Crippen LogP contribution in [0.25, 0.3) is 0 Å². The molecule has 20 heavy (non-hydrogen) atoms. The topological polar surface area (TPSA) is 55.7 Å². The van der Waals surface area contributed by atoms with E-state index in [4.69, 9.17) is 4.74 Å². The summed E-state index contributed by atoms with van der Waals surface area (Å²) in [5.41, 5.74) is 2.15. The third-order valence-electron chi connectivity index (χ3n) is 2.63. The number of nitrogens with one attached hydrogen (secondary N) is 1. The van der Waals surface area contributed by atoms with Gasteiger partial charge in [0, 0.05) is 32.8 Å². The molecule has 1 N–H and O–H groups in total. The fraction of sp³-hybridized carbons (Fsp3) is 0.571. The van der Waals surface area contributed by atoms with Crippen LogP contribution >= 0.6 is 0 Å². The van der Waals surface area contributed by atoms with Gasteiger partial charge in [-0.15, -0.1) is 0 Å². The minimum absolute atomic E-state index is 0.582. The van der Waals surface area contributed by atoms with Gasteiger partial charge in [0.1, 0.15) is 6.73 Å². The standard InChI is InChI=1S/C10H20N2OSi.C4H6N2/c1-10-5-6-12(11-10)9-13-7-8-14(2,3)4;1-4-2-3-5-6-4/h5-6H,7-9H2,1-4H3;2-3H,1H3,(H,5,6).